The Morgan fingerprint density at radius 2 is 1.25 bits per heavy atom. The molecule has 2 rings (SSSR count). The van der Waals surface area contributed by atoms with Crippen LogP contribution >= 0.6 is 0 Å². The predicted molar refractivity (Wildman–Crippen MR) is 100 cm³/mol. The number of hydrogen-bond donors (Lipinski definition) is 1. The van der Waals surface area contributed by atoms with Crippen LogP contribution in [-0.4, -0.2) is 8.42 Å². The molecule has 0 heterocycles. The third-order valence-corrected chi connectivity index (χ3v) is 6.40. The Labute approximate surface area is 146 Å². The van der Waals surface area contributed by atoms with Crippen LogP contribution < -0.4 is 4.72 Å². The summed E-state index contributed by atoms with van der Waals surface area (Å²) in [6.07, 6.45) is 0. The number of rotatable bonds is 4. The van der Waals surface area contributed by atoms with Crippen LogP contribution in [0.3, 0.4) is 0 Å². The van der Waals surface area contributed by atoms with Crippen molar-refractivity contribution in [2.24, 2.45) is 0 Å². The van der Waals surface area contributed by atoms with Crippen molar-refractivity contribution in [3.63, 3.8) is 0 Å². The van der Waals surface area contributed by atoms with E-state index < -0.39 is 10.0 Å². The fourth-order valence-corrected chi connectivity index (χ4v) is 5.07. The predicted octanol–water partition coefficient (Wildman–Crippen LogP) is 4.58. The molecule has 3 nitrogen and oxygen atoms in total. The molecular weight excluding hydrogens is 318 g/mol. The first-order valence-corrected chi connectivity index (χ1v) is 9.69. The van der Waals surface area contributed by atoms with Crippen LogP contribution in [-0.2, 0) is 10.0 Å². The Balaban J connectivity index is 2.42. The van der Waals surface area contributed by atoms with Gasteiger partial charge in [-0.1, -0.05) is 29.8 Å². The first-order chi connectivity index (χ1) is 11.0. The monoisotopic (exact) mass is 345 g/mol. The van der Waals surface area contributed by atoms with E-state index in [2.05, 4.69) is 23.8 Å². The summed E-state index contributed by atoms with van der Waals surface area (Å²) in [7, 11) is -3.58. The van der Waals surface area contributed by atoms with Gasteiger partial charge < -0.3 is 0 Å². The fourth-order valence-electron chi connectivity index (χ4n) is 3.40. The third-order valence-electron chi connectivity index (χ3n) is 4.55. The highest BCUT2D eigenvalue weighted by Crippen LogP contribution is 2.26. The van der Waals surface area contributed by atoms with Gasteiger partial charge in [-0.3, -0.25) is 0 Å². The van der Waals surface area contributed by atoms with Gasteiger partial charge in [-0.25, -0.2) is 13.1 Å². The van der Waals surface area contributed by atoms with E-state index in [1.807, 2.05) is 53.7 Å². The van der Waals surface area contributed by atoms with E-state index in [9.17, 15) is 8.42 Å². The average molecular weight is 346 g/mol. The van der Waals surface area contributed by atoms with E-state index in [1.54, 1.807) is 0 Å². The van der Waals surface area contributed by atoms with E-state index in [4.69, 9.17) is 0 Å². The Morgan fingerprint density at radius 3 is 1.79 bits per heavy atom. The molecule has 0 amide bonds. The first kappa shape index (κ1) is 18.7. The van der Waals surface area contributed by atoms with Crippen LogP contribution in [0.5, 0.6) is 0 Å². The van der Waals surface area contributed by atoms with E-state index in [1.165, 1.54) is 11.1 Å². The summed E-state index contributed by atoms with van der Waals surface area (Å²) in [5.74, 6) is 0. The summed E-state index contributed by atoms with van der Waals surface area (Å²) in [4.78, 5) is 0.390. The van der Waals surface area contributed by atoms with Crippen molar-refractivity contribution in [3.8, 4) is 0 Å². The molecule has 0 unspecified atom stereocenters. The zero-order valence-electron chi connectivity index (χ0n) is 15.6. The molecule has 0 aliphatic heterocycles. The lowest BCUT2D eigenvalue weighted by molar-refractivity contribution is 0.565. The van der Waals surface area contributed by atoms with Gasteiger partial charge in [0, 0.05) is 6.04 Å². The molecule has 2 aromatic rings. The van der Waals surface area contributed by atoms with Gasteiger partial charge in [-0.2, -0.15) is 0 Å². The minimum atomic E-state index is -3.58. The summed E-state index contributed by atoms with van der Waals surface area (Å²) < 4.78 is 28.7. The lowest BCUT2D eigenvalue weighted by Crippen LogP contribution is -2.28. The molecular formula is C20H27NO2S. The molecule has 0 bridgehead atoms. The molecule has 24 heavy (non-hydrogen) atoms. The number of aryl methyl sites for hydroxylation is 6. The molecule has 4 heteroatoms. The largest absolute Gasteiger partial charge is 0.241 e. The van der Waals surface area contributed by atoms with Crippen LogP contribution in [0.2, 0.25) is 0 Å². The molecule has 0 fully saturated rings. The lowest BCUT2D eigenvalue weighted by Gasteiger charge is -2.20. The molecule has 0 aromatic heterocycles. The summed E-state index contributed by atoms with van der Waals surface area (Å²) in [5.41, 5.74) is 7.14. The lowest BCUT2D eigenvalue weighted by atomic mass is 9.97. The molecule has 0 radical (unpaired) electrons. The normalized spacial score (nSPS) is 13.1. The SMILES string of the molecule is Cc1cc(C)c(S(=O)(=O)N[C@@H](C)c2cc(C)c(C)cc2C)c(C)c1. The van der Waals surface area contributed by atoms with Gasteiger partial charge in [0.2, 0.25) is 10.0 Å². The Hall–Kier alpha value is -1.65. The molecule has 0 aliphatic rings. The minimum Gasteiger partial charge on any atom is -0.207 e. The summed E-state index contributed by atoms with van der Waals surface area (Å²) >= 11 is 0. The maximum Gasteiger partial charge on any atom is 0.241 e. The Morgan fingerprint density at radius 1 is 0.750 bits per heavy atom. The summed E-state index contributed by atoms with van der Waals surface area (Å²) in [6, 6.07) is 7.72. The van der Waals surface area contributed by atoms with Gasteiger partial charge in [-0.05, 0) is 81.8 Å². The summed E-state index contributed by atoms with van der Waals surface area (Å²) in [5, 5.41) is 0. The molecule has 0 saturated carbocycles. The highest BCUT2D eigenvalue weighted by Gasteiger charge is 2.23. The van der Waals surface area contributed by atoms with Crippen molar-refractivity contribution in [1.29, 1.82) is 0 Å². The van der Waals surface area contributed by atoms with Gasteiger partial charge in [-0.15, -0.1) is 0 Å². The number of sulfonamides is 1. The number of nitrogens with one attached hydrogen (secondary N) is 1. The van der Waals surface area contributed by atoms with Crippen molar-refractivity contribution in [2.75, 3.05) is 0 Å². The highest BCUT2D eigenvalue weighted by atomic mass is 32.2. The molecule has 2 aromatic carbocycles. The quantitative estimate of drug-likeness (QED) is 0.882. The third kappa shape index (κ3) is 3.70. The van der Waals surface area contributed by atoms with Crippen molar-refractivity contribution in [2.45, 2.75) is 59.4 Å². The van der Waals surface area contributed by atoms with Gasteiger partial charge in [0.15, 0.2) is 0 Å². The van der Waals surface area contributed by atoms with Gasteiger partial charge in [0.25, 0.3) is 0 Å². The number of hydrogen-bond acceptors (Lipinski definition) is 2. The van der Waals surface area contributed by atoms with Crippen LogP contribution in [0, 0.1) is 41.5 Å². The van der Waals surface area contributed by atoms with Crippen LogP contribution in [0.15, 0.2) is 29.2 Å². The first-order valence-electron chi connectivity index (χ1n) is 8.21. The van der Waals surface area contributed by atoms with Crippen LogP contribution in [0.1, 0.15) is 51.9 Å². The van der Waals surface area contributed by atoms with E-state index >= 15 is 0 Å². The second-order valence-electron chi connectivity index (χ2n) is 6.86. The molecule has 0 spiro atoms. The van der Waals surface area contributed by atoms with Gasteiger partial charge >= 0.3 is 0 Å². The molecule has 0 aliphatic carbocycles. The van der Waals surface area contributed by atoms with Gasteiger partial charge in [0.05, 0.1) is 4.90 Å². The van der Waals surface area contributed by atoms with E-state index in [-0.39, 0.29) is 6.04 Å². The highest BCUT2D eigenvalue weighted by molar-refractivity contribution is 7.89. The van der Waals surface area contributed by atoms with E-state index in [0.717, 1.165) is 27.8 Å². The zero-order valence-corrected chi connectivity index (χ0v) is 16.4. The topological polar surface area (TPSA) is 46.2 Å². The smallest absolute Gasteiger partial charge is 0.207 e. The fraction of sp³-hybridized carbons (Fsp3) is 0.400. The number of benzene rings is 2. The summed E-state index contributed by atoms with van der Waals surface area (Å²) in [6.45, 7) is 13.7. The van der Waals surface area contributed by atoms with Crippen molar-refractivity contribution >= 4 is 10.0 Å². The van der Waals surface area contributed by atoms with Crippen LogP contribution in [0.4, 0.5) is 0 Å². The Kier molecular flexibility index (Phi) is 5.21. The van der Waals surface area contributed by atoms with E-state index in [0.29, 0.717) is 4.90 Å². The maximum atomic E-state index is 12.9. The van der Waals surface area contributed by atoms with Crippen LogP contribution in [0.25, 0.3) is 0 Å². The van der Waals surface area contributed by atoms with Crippen molar-refractivity contribution in [1.82, 2.24) is 4.72 Å². The minimum absolute atomic E-state index is 0.283. The molecule has 1 N–H and O–H groups in total. The maximum absolute atomic E-state index is 12.9. The van der Waals surface area contributed by atoms with Crippen molar-refractivity contribution < 1.29 is 8.42 Å². The van der Waals surface area contributed by atoms with Crippen molar-refractivity contribution in [3.05, 3.63) is 63.2 Å². The molecule has 1 atom stereocenters. The standard InChI is InChI=1S/C20H27NO2S/c1-12-8-16(5)20(17(6)9-12)24(22,23)21-18(7)19-11-14(3)13(2)10-15(19)4/h8-11,18,21H,1-7H3/t18-/m0/s1. The molecule has 0 saturated heterocycles. The Bertz CT molecular complexity index is 860. The van der Waals surface area contributed by atoms with Gasteiger partial charge in [0.1, 0.15) is 0 Å². The zero-order chi connectivity index (χ0) is 18.2. The second kappa shape index (κ2) is 6.69. The second-order valence-corrected chi connectivity index (χ2v) is 8.51. The average Bonchev–Trinajstić information content (AvgIpc) is 2.40. The molecule has 130 valence electrons.